The Kier molecular flexibility index (Phi) is 4.50. The Labute approximate surface area is 103 Å². The first kappa shape index (κ1) is 14.0. The summed E-state index contributed by atoms with van der Waals surface area (Å²) in [6.07, 6.45) is -4.55. The maximum absolute atomic E-state index is 12.5. The second-order valence-electron chi connectivity index (χ2n) is 3.14. The molecule has 94 valence electrons. The summed E-state index contributed by atoms with van der Waals surface area (Å²) in [7, 11) is 0. The van der Waals surface area contributed by atoms with Gasteiger partial charge in [-0.2, -0.15) is 13.2 Å². The van der Waals surface area contributed by atoms with Gasteiger partial charge in [-0.25, -0.2) is 4.39 Å². The number of benzene rings is 1. The van der Waals surface area contributed by atoms with Crippen molar-refractivity contribution in [1.29, 1.82) is 0 Å². The van der Waals surface area contributed by atoms with Crippen LogP contribution < -0.4 is 5.32 Å². The lowest BCUT2D eigenvalue weighted by atomic mass is 10.1. The first-order chi connectivity index (χ1) is 7.86. The molecule has 2 nitrogen and oxygen atoms in total. The van der Waals surface area contributed by atoms with Gasteiger partial charge >= 0.3 is 6.18 Å². The second-order valence-corrected chi connectivity index (χ2v) is 3.99. The van der Waals surface area contributed by atoms with Crippen molar-refractivity contribution in [3.05, 3.63) is 33.8 Å². The molecule has 1 aromatic rings. The van der Waals surface area contributed by atoms with Crippen LogP contribution in [0.1, 0.15) is 15.9 Å². The predicted octanol–water partition coefficient (Wildman–Crippen LogP) is 3.17. The molecular weight excluding hydrogens is 306 g/mol. The Morgan fingerprint density at radius 3 is 2.53 bits per heavy atom. The fraction of sp³-hybridized carbons (Fsp3) is 0.300. The van der Waals surface area contributed by atoms with E-state index in [0.717, 1.165) is 12.1 Å². The minimum absolute atomic E-state index is 0.146. The van der Waals surface area contributed by atoms with Crippen molar-refractivity contribution >= 4 is 21.8 Å². The Morgan fingerprint density at radius 2 is 2.00 bits per heavy atom. The third kappa shape index (κ3) is 3.69. The highest BCUT2D eigenvalue weighted by molar-refractivity contribution is 9.10. The Morgan fingerprint density at radius 1 is 1.35 bits per heavy atom. The number of rotatable bonds is 3. The number of hydrogen-bond acceptors (Lipinski definition) is 1. The van der Waals surface area contributed by atoms with Crippen LogP contribution in [0.25, 0.3) is 0 Å². The van der Waals surface area contributed by atoms with E-state index in [9.17, 15) is 22.4 Å². The molecule has 1 amide bonds. The van der Waals surface area contributed by atoms with E-state index in [2.05, 4.69) is 21.2 Å². The molecule has 0 radical (unpaired) electrons. The zero-order valence-corrected chi connectivity index (χ0v) is 10.0. The highest BCUT2D eigenvalue weighted by atomic mass is 79.9. The van der Waals surface area contributed by atoms with E-state index >= 15 is 0 Å². The van der Waals surface area contributed by atoms with Gasteiger partial charge in [0.25, 0.3) is 5.91 Å². The number of carbonyl (C=O) groups excluding carboxylic acids is 1. The van der Waals surface area contributed by atoms with Crippen molar-refractivity contribution in [2.75, 3.05) is 13.2 Å². The van der Waals surface area contributed by atoms with Crippen molar-refractivity contribution in [2.45, 2.75) is 6.18 Å². The molecule has 0 saturated heterocycles. The lowest BCUT2D eigenvalue weighted by Crippen LogP contribution is -2.25. The molecular formula is C10H8BrF4NO. The lowest BCUT2D eigenvalue weighted by molar-refractivity contribution is -0.138. The highest BCUT2D eigenvalue weighted by Crippen LogP contribution is 2.35. The smallest absolute Gasteiger partial charge is 0.349 e. The summed E-state index contributed by atoms with van der Waals surface area (Å²) >= 11 is 2.76. The second kappa shape index (κ2) is 5.48. The summed E-state index contributed by atoms with van der Waals surface area (Å²) in [5, 5.41) is 2.15. The van der Waals surface area contributed by atoms with E-state index in [1.807, 2.05) is 0 Å². The summed E-state index contributed by atoms with van der Waals surface area (Å²) in [6, 6.07) is 3.08. The number of carbonyl (C=O) groups is 1. The van der Waals surface area contributed by atoms with Crippen LogP contribution in [0, 0.1) is 0 Å². The number of amides is 1. The molecule has 0 fully saturated rings. The van der Waals surface area contributed by atoms with Crippen LogP contribution >= 0.6 is 15.9 Å². The number of hydrogen-bond donors (Lipinski definition) is 1. The molecule has 17 heavy (non-hydrogen) atoms. The molecule has 7 heteroatoms. The SMILES string of the molecule is O=C(NCCF)c1ccc(Br)c(C(F)(F)F)c1. The molecule has 0 heterocycles. The predicted molar refractivity (Wildman–Crippen MR) is 57.5 cm³/mol. The normalized spacial score (nSPS) is 11.4. The zero-order chi connectivity index (χ0) is 13.1. The van der Waals surface area contributed by atoms with Crippen molar-refractivity contribution in [2.24, 2.45) is 0 Å². The van der Waals surface area contributed by atoms with E-state index in [0.29, 0.717) is 0 Å². The Bertz CT molecular complexity index is 419. The van der Waals surface area contributed by atoms with Crippen molar-refractivity contribution < 1.29 is 22.4 Å². The molecule has 0 unspecified atom stereocenters. The van der Waals surface area contributed by atoms with Crippen LogP contribution in [0.15, 0.2) is 22.7 Å². The minimum atomic E-state index is -4.55. The number of alkyl halides is 4. The maximum Gasteiger partial charge on any atom is 0.417 e. The number of nitrogens with one attached hydrogen (secondary N) is 1. The standard InChI is InChI=1S/C10H8BrF4NO/c11-8-2-1-6(9(17)16-4-3-12)5-7(8)10(13,14)15/h1-2,5H,3-4H2,(H,16,17). The van der Waals surface area contributed by atoms with Crippen LogP contribution in [0.3, 0.4) is 0 Å². The molecule has 0 aliphatic rings. The summed E-state index contributed by atoms with van der Waals surface area (Å²) in [5.74, 6) is -0.736. The van der Waals surface area contributed by atoms with Gasteiger partial charge in [-0.05, 0) is 18.2 Å². The molecule has 0 aromatic heterocycles. The molecule has 1 rings (SSSR count). The quantitative estimate of drug-likeness (QED) is 0.853. The fourth-order valence-corrected chi connectivity index (χ4v) is 1.62. The van der Waals surface area contributed by atoms with Gasteiger partial charge in [0.15, 0.2) is 0 Å². The lowest BCUT2D eigenvalue weighted by Gasteiger charge is -2.10. The average molecular weight is 314 g/mol. The third-order valence-electron chi connectivity index (χ3n) is 1.91. The van der Waals surface area contributed by atoms with Gasteiger partial charge in [0.1, 0.15) is 6.67 Å². The van der Waals surface area contributed by atoms with Gasteiger partial charge in [0.2, 0.25) is 0 Å². The summed E-state index contributed by atoms with van der Waals surface area (Å²) in [5.41, 5.74) is -1.10. The van der Waals surface area contributed by atoms with E-state index in [1.54, 1.807) is 0 Å². The van der Waals surface area contributed by atoms with Gasteiger partial charge in [0.05, 0.1) is 5.56 Å². The topological polar surface area (TPSA) is 29.1 Å². The monoisotopic (exact) mass is 313 g/mol. The summed E-state index contributed by atoms with van der Waals surface area (Å²) < 4.78 is 49.2. The molecule has 0 bridgehead atoms. The molecule has 0 spiro atoms. The van der Waals surface area contributed by atoms with Crippen molar-refractivity contribution in [1.82, 2.24) is 5.32 Å². The molecule has 0 aliphatic carbocycles. The van der Waals surface area contributed by atoms with Gasteiger partial charge in [-0.15, -0.1) is 0 Å². The summed E-state index contributed by atoms with van der Waals surface area (Å²) in [6.45, 7) is -0.995. The van der Waals surface area contributed by atoms with Crippen LogP contribution in [0.5, 0.6) is 0 Å². The van der Waals surface area contributed by atoms with E-state index < -0.39 is 24.3 Å². The molecule has 1 N–H and O–H groups in total. The Balaban J connectivity index is 3.00. The van der Waals surface area contributed by atoms with E-state index in [1.165, 1.54) is 6.07 Å². The van der Waals surface area contributed by atoms with Crippen molar-refractivity contribution in [3.63, 3.8) is 0 Å². The van der Waals surface area contributed by atoms with Gasteiger partial charge in [0, 0.05) is 16.6 Å². The third-order valence-corrected chi connectivity index (χ3v) is 2.61. The molecule has 0 atom stereocenters. The van der Waals surface area contributed by atoms with E-state index in [-0.39, 0.29) is 16.6 Å². The summed E-state index contributed by atoms with van der Waals surface area (Å²) in [4.78, 5) is 11.3. The first-order valence-corrected chi connectivity index (χ1v) is 5.36. The van der Waals surface area contributed by atoms with Crippen LogP contribution in [0.2, 0.25) is 0 Å². The Hall–Kier alpha value is -1.11. The largest absolute Gasteiger partial charge is 0.417 e. The molecule has 1 aromatic carbocycles. The zero-order valence-electron chi connectivity index (χ0n) is 8.44. The van der Waals surface area contributed by atoms with Crippen LogP contribution in [0.4, 0.5) is 17.6 Å². The van der Waals surface area contributed by atoms with Gasteiger partial charge < -0.3 is 5.32 Å². The number of halogens is 5. The van der Waals surface area contributed by atoms with Crippen molar-refractivity contribution in [3.8, 4) is 0 Å². The van der Waals surface area contributed by atoms with E-state index in [4.69, 9.17) is 0 Å². The average Bonchev–Trinajstić information content (AvgIpc) is 2.25. The van der Waals surface area contributed by atoms with Gasteiger partial charge in [-0.1, -0.05) is 15.9 Å². The maximum atomic E-state index is 12.5. The minimum Gasteiger partial charge on any atom is -0.349 e. The van der Waals surface area contributed by atoms with Gasteiger partial charge in [-0.3, -0.25) is 4.79 Å². The first-order valence-electron chi connectivity index (χ1n) is 4.57. The molecule has 0 aliphatic heterocycles. The molecule has 0 saturated carbocycles. The van der Waals surface area contributed by atoms with Crippen LogP contribution in [-0.4, -0.2) is 19.1 Å². The highest BCUT2D eigenvalue weighted by Gasteiger charge is 2.33. The van der Waals surface area contributed by atoms with Crippen LogP contribution in [-0.2, 0) is 6.18 Å². The fourth-order valence-electron chi connectivity index (χ4n) is 1.15.